The minimum atomic E-state index is 0.00989. The molecule has 0 amide bonds. The van der Waals surface area contributed by atoms with Gasteiger partial charge < -0.3 is 14.6 Å². The van der Waals surface area contributed by atoms with Gasteiger partial charge in [-0.1, -0.05) is 46.9 Å². The molecule has 1 aliphatic rings. The van der Waals surface area contributed by atoms with E-state index >= 15 is 0 Å². The Morgan fingerprint density at radius 3 is 2.00 bits per heavy atom. The molecule has 3 nitrogen and oxygen atoms in total. The molecule has 5 aromatic rings. The fourth-order valence-electron chi connectivity index (χ4n) is 4.87. The lowest BCUT2D eigenvalue weighted by Crippen LogP contribution is -2.36. The van der Waals surface area contributed by atoms with Gasteiger partial charge in [-0.2, -0.15) is 0 Å². The molecule has 1 unspecified atom stereocenters. The summed E-state index contributed by atoms with van der Waals surface area (Å²) >= 11 is 18.5. The minimum Gasteiger partial charge on any atom is -0.457 e. The van der Waals surface area contributed by atoms with E-state index in [1.807, 2.05) is 54.6 Å². The number of anilines is 1. The third kappa shape index (κ3) is 4.36. The molecule has 0 bridgehead atoms. The van der Waals surface area contributed by atoms with Gasteiger partial charge in [0.15, 0.2) is 0 Å². The van der Waals surface area contributed by atoms with Crippen molar-refractivity contribution in [3.05, 3.63) is 123 Å². The molecule has 0 spiro atoms. The standard InChI is InChI=1S/C29H21Cl3N2O/c30-19-3-8-22(9-4-19)34-16-15-25-26-17-21(32)7-14-27(26)33-28(25)29(34)18-1-10-23(11-2-18)35-24-12-5-20(31)6-13-24/h1-14,17,29,33H,15-16H2. The molecule has 0 radical (unpaired) electrons. The summed E-state index contributed by atoms with van der Waals surface area (Å²) in [7, 11) is 0. The first kappa shape index (κ1) is 22.4. The fraction of sp³-hybridized carbons (Fsp3) is 0.103. The van der Waals surface area contributed by atoms with Gasteiger partial charge in [0.2, 0.25) is 0 Å². The molecule has 6 rings (SSSR count). The lowest BCUT2D eigenvalue weighted by Gasteiger charge is -2.38. The van der Waals surface area contributed by atoms with E-state index in [9.17, 15) is 0 Å². The third-order valence-corrected chi connectivity index (χ3v) is 7.23. The zero-order valence-corrected chi connectivity index (χ0v) is 20.9. The lowest BCUT2D eigenvalue weighted by molar-refractivity contribution is 0.482. The lowest BCUT2D eigenvalue weighted by atomic mass is 9.91. The molecule has 1 aliphatic heterocycles. The molecule has 1 aromatic heterocycles. The smallest absolute Gasteiger partial charge is 0.127 e. The van der Waals surface area contributed by atoms with E-state index in [-0.39, 0.29) is 6.04 Å². The maximum atomic E-state index is 6.35. The van der Waals surface area contributed by atoms with Gasteiger partial charge in [0, 0.05) is 43.9 Å². The van der Waals surface area contributed by atoms with Crippen LogP contribution in [0.25, 0.3) is 10.9 Å². The number of aromatic amines is 1. The summed E-state index contributed by atoms with van der Waals surface area (Å²) in [5, 5.41) is 3.35. The molecule has 0 aliphatic carbocycles. The number of ether oxygens (including phenoxy) is 1. The largest absolute Gasteiger partial charge is 0.457 e. The Bertz CT molecular complexity index is 1490. The first-order valence-corrected chi connectivity index (χ1v) is 12.5. The van der Waals surface area contributed by atoms with Crippen molar-refractivity contribution in [3.63, 3.8) is 0 Å². The zero-order valence-electron chi connectivity index (χ0n) is 18.6. The van der Waals surface area contributed by atoms with Crippen LogP contribution in [0.1, 0.15) is 22.9 Å². The predicted molar refractivity (Wildman–Crippen MR) is 146 cm³/mol. The van der Waals surface area contributed by atoms with E-state index in [0.29, 0.717) is 5.02 Å². The van der Waals surface area contributed by atoms with Gasteiger partial charge in [0.1, 0.15) is 11.5 Å². The normalized spacial score (nSPS) is 15.3. The number of hydrogen-bond acceptors (Lipinski definition) is 2. The summed E-state index contributed by atoms with van der Waals surface area (Å²) in [6, 6.07) is 29.8. The van der Waals surface area contributed by atoms with Crippen LogP contribution in [-0.2, 0) is 6.42 Å². The summed E-state index contributed by atoms with van der Waals surface area (Å²) in [5.74, 6) is 1.52. The van der Waals surface area contributed by atoms with Crippen LogP contribution in [0.15, 0.2) is 91.0 Å². The first-order chi connectivity index (χ1) is 17.0. The number of nitrogens with one attached hydrogen (secondary N) is 1. The highest BCUT2D eigenvalue weighted by atomic mass is 35.5. The highest BCUT2D eigenvalue weighted by molar-refractivity contribution is 6.31. The summed E-state index contributed by atoms with van der Waals surface area (Å²) in [6.45, 7) is 0.877. The van der Waals surface area contributed by atoms with Crippen LogP contribution < -0.4 is 9.64 Å². The highest BCUT2D eigenvalue weighted by Gasteiger charge is 2.32. The molecular formula is C29H21Cl3N2O. The number of rotatable bonds is 4. The second kappa shape index (κ2) is 9.16. The van der Waals surface area contributed by atoms with Crippen molar-refractivity contribution in [3.8, 4) is 11.5 Å². The molecule has 174 valence electrons. The van der Waals surface area contributed by atoms with Crippen molar-refractivity contribution in [1.29, 1.82) is 0 Å². The van der Waals surface area contributed by atoms with E-state index in [0.717, 1.165) is 45.7 Å². The second-order valence-corrected chi connectivity index (χ2v) is 9.96. The molecule has 4 aromatic carbocycles. The van der Waals surface area contributed by atoms with Crippen molar-refractivity contribution < 1.29 is 4.74 Å². The maximum absolute atomic E-state index is 6.35. The molecule has 1 N–H and O–H groups in total. The quantitative estimate of drug-likeness (QED) is 0.256. The monoisotopic (exact) mass is 518 g/mol. The Kier molecular flexibility index (Phi) is 5.85. The number of aromatic nitrogens is 1. The topological polar surface area (TPSA) is 28.3 Å². The minimum absolute atomic E-state index is 0.00989. The van der Waals surface area contributed by atoms with Crippen molar-refractivity contribution in [2.24, 2.45) is 0 Å². The van der Waals surface area contributed by atoms with Crippen LogP contribution >= 0.6 is 34.8 Å². The average Bonchev–Trinajstić information content (AvgIpc) is 3.24. The van der Waals surface area contributed by atoms with E-state index < -0.39 is 0 Å². The van der Waals surface area contributed by atoms with Gasteiger partial charge in [-0.25, -0.2) is 0 Å². The first-order valence-electron chi connectivity index (χ1n) is 11.4. The number of fused-ring (bicyclic) bond motifs is 3. The molecule has 0 saturated carbocycles. The Balaban J connectivity index is 1.41. The second-order valence-electron chi connectivity index (χ2n) is 8.65. The van der Waals surface area contributed by atoms with Crippen molar-refractivity contribution in [2.45, 2.75) is 12.5 Å². The van der Waals surface area contributed by atoms with Crippen molar-refractivity contribution >= 4 is 51.4 Å². The Labute approximate surface area is 218 Å². The summed E-state index contributed by atoms with van der Waals surface area (Å²) in [5.41, 5.74) is 5.91. The van der Waals surface area contributed by atoms with E-state index in [1.165, 1.54) is 22.2 Å². The number of benzene rings is 4. The van der Waals surface area contributed by atoms with Gasteiger partial charge in [-0.15, -0.1) is 0 Å². The van der Waals surface area contributed by atoms with E-state index in [1.54, 1.807) is 0 Å². The average molecular weight is 520 g/mol. The van der Waals surface area contributed by atoms with Crippen LogP contribution in [0.2, 0.25) is 15.1 Å². The molecule has 35 heavy (non-hydrogen) atoms. The zero-order chi connectivity index (χ0) is 23.9. The maximum Gasteiger partial charge on any atom is 0.127 e. The molecule has 1 atom stereocenters. The Morgan fingerprint density at radius 2 is 1.31 bits per heavy atom. The SMILES string of the molecule is Clc1ccc(Oc2ccc(C3c4[nH]c5ccc(Cl)cc5c4CCN3c3ccc(Cl)cc3)cc2)cc1. The van der Waals surface area contributed by atoms with Crippen molar-refractivity contribution in [2.75, 3.05) is 11.4 Å². The Morgan fingerprint density at radius 1 is 0.714 bits per heavy atom. The highest BCUT2D eigenvalue weighted by Crippen LogP contribution is 2.42. The molecule has 0 saturated heterocycles. The van der Waals surface area contributed by atoms with Gasteiger partial charge in [-0.05, 0) is 96.4 Å². The number of nitrogens with zero attached hydrogens (tertiary/aromatic N) is 1. The van der Waals surface area contributed by atoms with Crippen LogP contribution in [0, 0.1) is 0 Å². The van der Waals surface area contributed by atoms with Crippen LogP contribution in [-0.4, -0.2) is 11.5 Å². The van der Waals surface area contributed by atoms with E-state index in [4.69, 9.17) is 39.5 Å². The molecule has 6 heteroatoms. The summed E-state index contributed by atoms with van der Waals surface area (Å²) in [4.78, 5) is 6.11. The molecular weight excluding hydrogens is 499 g/mol. The van der Waals surface area contributed by atoms with E-state index in [2.05, 4.69) is 46.3 Å². The van der Waals surface area contributed by atoms with Gasteiger partial charge in [0.25, 0.3) is 0 Å². The number of H-pyrrole nitrogens is 1. The van der Waals surface area contributed by atoms with Gasteiger partial charge in [0.05, 0.1) is 6.04 Å². The summed E-state index contributed by atoms with van der Waals surface area (Å²) < 4.78 is 6.02. The third-order valence-electron chi connectivity index (χ3n) is 6.49. The molecule has 2 heterocycles. The van der Waals surface area contributed by atoms with Crippen LogP contribution in [0.3, 0.4) is 0 Å². The summed E-state index contributed by atoms with van der Waals surface area (Å²) in [6.07, 6.45) is 0.923. The molecule has 0 fully saturated rings. The van der Waals surface area contributed by atoms with Crippen LogP contribution in [0.4, 0.5) is 5.69 Å². The fourth-order valence-corrected chi connectivity index (χ4v) is 5.30. The van der Waals surface area contributed by atoms with Crippen molar-refractivity contribution in [1.82, 2.24) is 4.98 Å². The van der Waals surface area contributed by atoms with Crippen LogP contribution in [0.5, 0.6) is 11.5 Å². The number of hydrogen-bond donors (Lipinski definition) is 1. The predicted octanol–water partition coefficient (Wildman–Crippen LogP) is 9.07. The Hall–Kier alpha value is -3.11. The van der Waals surface area contributed by atoms with Gasteiger partial charge >= 0.3 is 0 Å². The van der Waals surface area contributed by atoms with Gasteiger partial charge in [-0.3, -0.25) is 0 Å². The number of halogens is 3.